The third kappa shape index (κ3) is 3.36. The minimum absolute atomic E-state index is 0.138. The third-order valence-electron chi connectivity index (χ3n) is 4.10. The van der Waals surface area contributed by atoms with Crippen molar-refractivity contribution < 1.29 is 5.11 Å². The van der Waals surface area contributed by atoms with Crippen LogP contribution in [0.5, 0.6) is 0 Å². The van der Waals surface area contributed by atoms with E-state index in [4.69, 9.17) is 0 Å². The van der Waals surface area contributed by atoms with Gasteiger partial charge in [0, 0.05) is 0 Å². The number of hydrogen-bond donors (Lipinski definition) is 1. The summed E-state index contributed by atoms with van der Waals surface area (Å²) in [7, 11) is 0. The topological polar surface area (TPSA) is 20.2 Å². The maximum Gasteiger partial charge on any atom is 0.105 e. The van der Waals surface area contributed by atoms with Crippen molar-refractivity contribution in [2.75, 3.05) is 0 Å². The van der Waals surface area contributed by atoms with E-state index in [-0.39, 0.29) is 5.41 Å². The highest BCUT2D eigenvalue weighted by molar-refractivity contribution is 5.43. The quantitative estimate of drug-likeness (QED) is 0.822. The van der Waals surface area contributed by atoms with Crippen LogP contribution in [0.25, 0.3) is 0 Å². The maximum absolute atomic E-state index is 10.7. The second-order valence-electron chi connectivity index (χ2n) is 7.09. The lowest BCUT2D eigenvalue weighted by Gasteiger charge is -2.21. The summed E-state index contributed by atoms with van der Waals surface area (Å²) in [5, 5.41) is 10.7. The smallest absolute Gasteiger partial charge is 0.105 e. The maximum atomic E-state index is 10.7. The zero-order chi connectivity index (χ0) is 15.8. The van der Waals surface area contributed by atoms with Gasteiger partial charge >= 0.3 is 0 Å². The average molecular weight is 282 g/mol. The SMILES string of the molecule is Cc1cc(C)c(C(O)c2ccc(C(C)(C)C)cc2)c(C)c1. The van der Waals surface area contributed by atoms with Crippen molar-refractivity contribution in [3.8, 4) is 0 Å². The number of rotatable bonds is 2. The van der Waals surface area contributed by atoms with E-state index in [9.17, 15) is 5.11 Å². The highest BCUT2D eigenvalue weighted by Crippen LogP contribution is 2.30. The molecule has 21 heavy (non-hydrogen) atoms. The molecule has 1 N–H and O–H groups in total. The molecule has 1 atom stereocenters. The van der Waals surface area contributed by atoms with Gasteiger partial charge in [-0.25, -0.2) is 0 Å². The largest absolute Gasteiger partial charge is 0.384 e. The van der Waals surface area contributed by atoms with Gasteiger partial charge < -0.3 is 5.11 Å². The number of hydrogen-bond acceptors (Lipinski definition) is 1. The Labute approximate surface area is 128 Å². The van der Waals surface area contributed by atoms with Crippen molar-refractivity contribution in [2.24, 2.45) is 0 Å². The van der Waals surface area contributed by atoms with Gasteiger partial charge in [-0.2, -0.15) is 0 Å². The summed E-state index contributed by atoms with van der Waals surface area (Å²) in [6, 6.07) is 12.6. The monoisotopic (exact) mass is 282 g/mol. The Hall–Kier alpha value is -1.60. The zero-order valence-electron chi connectivity index (χ0n) is 14.0. The second kappa shape index (κ2) is 5.65. The van der Waals surface area contributed by atoms with Gasteiger partial charge in [-0.15, -0.1) is 0 Å². The van der Waals surface area contributed by atoms with Crippen molar-refractivity contribution in [3.63, 3.8) is 0 Å². The fraction of sp³-hybridized carbons (Fsp3) is 0.400. The molecule has 0 saturated heterocycles. The predicted octanol–water partition coefficient (Wildman–Crippen LogP) is 4.99. The molecule has 0 aliphatic heterocycles. The Kier molecular flexibility index (Phi) is 4.25. The summed E-state index contributed by atoms with van der Waals surface area (Å²) >= 11 is 0. The summed E-state index contributed by atoms with van der Waals surface area (Å²) in [4.78, 5) is 0. The lowest BCUT2D eigenvalue weighted by Crippen LogP contribution is -2.11. The first kappa shape index (κ1) is 15.8. The van der Waals surface area contributed by atoms with Crippen LogP contribution >= 0.6 is 0 Å². The number of benzene rings is 2. The summed E-state index contributed by atoms with van der Waals surface area (Å²) < 4.78 is 0. The van der Waals surface area contributed by atoms with Gasteiger partial charge in [0.25, 0.3) is 0 Å². The van der Waals surface area contributed by atoms with Crippen LogP contribution in [-0.2, 0) is 5.41 Å². The Balaban J connectivity index is 2.39. The summed E-state index contributed by atoms with van der Waals surface area (Å²) in [6.07, 6.45) is -0.556. The van der Waals surface area contributed by atoms with E-state index in [1.807, 2.05) is 12.1 Å². The average Bonchev–Trinajstić information content (AvgIpc) is 2.36. The molecule has 0 heterocycles. The summed E-state index contributed by atoms with van der Waals surface area (Å²) in [5.41, 5.74) is 6.96. The van der Waals surface area contributed by atoms with Crippen LogP contribution in [0.1, 0.15) is 60.3 Å². The molecule has 1 heteroatoms. The van der Waals surface area contributed by atoms with Crippen molar-refractivity contribution in [1.29, 1.82) is 0 Å². The van der Waals surface area contributed by atoms with E-state index in [0.717, 1.165) is 22.3 Å². The van der Waals surface area contributed by atoms with Gasteiger partial charge in [0.15, 0.2) is 0 Å². The third-order valence-corrected chi connectivity index (χ3v) is 4.10. The molecule has 0 fully saturated rings. The molecule has 112 valence electrons. The van der Waals surface area contributed by atoms with Crippen LogP contribution in [0.3, 0.4) is 0 Å². The Morgan fingerprint density at radius 2 is 1.33 bits per heavy atom. The molecule has 0 spiro atoms. The molecule has 2 aromatic rings. The predicted molar refractivity (Wildman–Crippen MR) is 89.9 cm³/mol. The van der Waals surface area contributed by atoms with Crippen LogP contribution in [0.15, 0.2) is 36.4 Å². The van der Waals surface area contributed by atoms with E-state index in [1.165, 1.54) is 11.1 Å². The highest BCUT2D eigenvalue weighted by Gasteiger charge is 2.18. The Bertz CT molecular complexity index is 607. The van der Waals surface area contributed by atoms with Crippen LogP contribution in [0.4, 0.5) is 0 Å². The highest BCUT2D eigenvalue weighted by atomic mass is 16.3. The first-order valence-corrected chi connectivity index (χ1v) is 7.56. The molecule has 0 aliphatic carbocycles. The number of aryl methyl sites for hydroxylation is 3. The molecule has 1 nitrogen and oxygen atoms in total. The van der Waals surface area contributed by atoms with E-state index in [0.29, 0.717) is 0 Å². The van der Waals surface area contributed by atoms with Gasteiger partial charge in [-0.1, -0.05) is 62.7 Å². The zero-order valence-corrected chi connectivity index (χ0v) is 14.0. The van der Waals surface area contributed by atoms with Gasteiger partial charge in [-0.05, 0) is 54.0 Å². The van der Waals surface area contributed by atoms with E-state index in [1.54, 1.807) is 0 Å². The van der Waals surface area contributed by atoms with Crippen LogP contribution in [0.2, 0.25) is 0 Å². The summed E-state index contributed by atoms with van der Waals surface area (Å²) in [5.74, 6) is 0. The lowest BCUT2D eigenvalue weighted by atomic mass is 9.85. The Morgan fingerprint density at radius 1 is 0.857 bits per heavy atom. The summed E-state index contributed by atoms with van der Waals surface area (Å²) in [6.45, 7) is 12.8. The molecular formula is C20H26O. The molecule has 2 rings (SSSR count). The molecule has 0 aromatic heterocycles. The van der Waals surface area contributed by atoms with Crippen LogP contribution in [0, 0.1) is 20.8 Å². The van der Waals surface area contributed by atoms with Crippen molar-refractivity contribution in [2.45, 2.75) is 53.1 Å². The first-order chi connectivity index (χ1) is 9.70. The van der Waals surface area contributed by atoms with Crippen LogP contribution < -0.4 is 0 Å². The fourth-order valence-corrected chi connectivity index (χ4v) is 2.95. The molecule has 0 amide bonds. The number of aliphatic hydroxyl groups is 1. The molecule has 0 radical (unpaired) electrons. The van der Waals surface area contributed by atoms with Crippen molar-refractivity contribution >= 4 is 0 Å². The van der Waals surface area contributed by atoms with Gasteiger partial charge in [0.2, 0.25) is 0 Å². The normalized spacial score (nSPS) is 13.3. The lowest BCUT2D eigenvalue weighted by molar-refractivity contribution is 0.218. The second-order valence-corrected chi connectivity index (χ2v) is 7.09. The minimum atomic E-state index is -0.556. The van der Waals surface area contributed by atoms with Gasteiger partial charge in [-0.3, -0.25) is 0 Å². The molecule has 0 saturated carbocycles. The Morgan fingerprint density at radius 3 is 1.76 bits per heavy atom. The van der Waals surface area contributed by atoms with Crippen LogP contribution in [-0.4, -0.2) is 5.11 Å². The molecular weight excluding hydrogens is 256 g/mol. The molecule has 2 aromatic carbocycles. The van der Waals surface area contributed by atoms with Crippen molar-refractivity contribution in [3.05, 3.63) is 69.8 Å². The van der Waals surface area contributed by atoms with E-state index in [2.05, 4.69) is 65.8 Å². The van der Waals surface area contributed by atoms with Gasteiger partial charge in [0.05, 0.1) is 0 Å². The van der Waals surface area contributed by atoms with Gasteiger partial charge in [0.1, 0.15) is 6.10 Å². The fourth-order valence-electron chi connectivity index (χ4n) is 2.95. The van der Waals surface area contributed by atoms with E-state index < -0.39 is 6.10 Å². The standard InChI is InChI=1S/C20H26O/c1-13-11-14(2)18(15(3)12-13)19(21)16-7-9-17(10-8-16)20(4,5)6/h7-12,19,21H,1-6H3. The molecule has 0 bridgehead atoms. The van der Waals surface area contributed by atoms with E-state index >= 15 is 0 Å². The first-order valence-electron chi connectivity index (χ1n) is 7.56. The van der Waals surface area contributed by atoms with Crippen molar-refractivity contribution in [1.82, 2.24) is 0 Å². The number of aliphatic hydroxyl groups excluding tert-OH is 1. The molecule has 1 unspecified atom stereocenters. The molecule has 0 aliphatic rings. The minimum Gasteiger partial charge on any atom is -0.384 e.